The Morgan fingerprint density at radius 2 is 1.72 bits per heavy atom. The van der Waals surface area contributed by atoms with Gasteiger partial charge in [-0.1, -0.05) is 31.5 Å². The van der Waals surface area contributed by atoms with E-state index in [1.54, 1.807) is 15.5 Å². The van der Waals surface area contributed by atoms with Gasteiger partial charge >= 0.3 is 5.69 Å². The molecule has 0 amide bonds. The molecule has 1 aromatic carbocycles. The van der Waals surface area contributed by atoms with Crippen molar-refractivity contribution in [3.05, 3.63) is 57.5 Å². The van der Waals surface area contributed by atoms with Crippen LogP contribution >= 0.6 is 0 Å². The first-order chi connectivity index (χ1) is 17.5. The lowest BCUT2D eigenvalue weighted by atomic mass is 10.2. The van der Waals surface area contributed by atoms with Crippen molar-refractivity contribution in [2.45, 2.75) is 45.4 Å². The van der Waals surface area contributed by atoms with Crippen LogP contribution in [-0.2, 0) is 20.1 Å². The summed E-state index contributed by atoms with van der Waals surface area (Å²) in [5.41, 5.74) is 0.0388. The maximum atomic E-state index is 12.8. The van der Waals surface area contributed by atoms with Crippen LogP contribution in [0.1, 0.15) is 26.2 Å². The van der Waals surface area contributed by atoms with E-state index in [1.165, 1.54) is 7.05 Å². The number of β-amino-alcohol motifs (C(OH)–C–C–N with tert-alkyl or cyclic N) is 1. The van der Waals surface area contributed by atoms with Gasteiger partial charge in [0.05, 0.1) is 25.6 Å². The Hall–Kier alpha value is -2.95. The van der Waals surface area contributed by atoms with Gasteiger partial charge in [0.25, 0.3) is 5.56 Å². The molecule has 36 heavy (non-hydrogen) atoms. The molecule has 1 aliphatic rings. The maximum Gasteiger partial charge on any atom is 0.332 e. The Kier molecular flexibility index (Phi) is 8.95. The summed E-state index contributed by atoms with van der Waals surface area (Å²) in [6.07, 6.45) is 3.66. The van der Waals surface area contributed by atoms with Crippen LogP contribution in [0, 0.1) is 0 Å². The standard InChI is InChI=1S/C26H38N6O4/c1-3-4-12-32-24-23(25(34)28(2)26(32)35)31(20-27-24)19-21(33)18-30-15-13-29(14-16-30)11-8-17-36-22-9-6-5-7-10-22/h5-7,9-10,20-21,33H,3-4,8,11-19H2,1-2H3. The number of aromatic nitrogens is 4. The zero-order valence-corrected chi connectivity index (χ0v) is 21.4. The monoisotopic (exact) mass is 498 g/mol. The molecule has 0 aliphatic carbocycles. The van der Waals surface area contributed by atoms with Gasteiger partial charge in [-0.2, -0.15) is 0 Å². The first kappa shape index (κ1) is 26.1. The maximum absolute atomic E-state index is 12.8. The molecule has 10 nitrogen and oxygen atoms in total. The highest BCUT2D eigenvalue weighted by molar-refractivity contribution is 5.70. The van der Waals surface area contributed by atoms with Crippen LogP contribution in [-0.4, -0.2) is 85.6 Å². The fraction of sp³-hybridized carbons (Fsp3) is 0.577. The second kappa shape index (κ2) is 12.3. The lowest BCUT2D eigenvalue weighted by Gasteiger charge is -2.35. The van der Waals surface area contributed by atoms with Crippen molar-refractivity contribution >= 4 is 11.2 Å². The van der Waals surface area contributed by atoms with Crippen molar-refractivity contribution in [3.8, 4) is 5.75 Å². The topological polar surface area (TPSA) is 97.8 Å². The number of nitrogens with zero attached hydrogens (tertiary/aromatic N) is 6. The van der Waals surface area contributed by atoms with Crippen LogP contribution < -0.4 is 16.0 Å². The zero-order valence-electron chi connectivity index (χ0n) is 21.4. The summed E-state index contributed by atoms with van der Waals surface area (Å²) < 4.78 is 10.2. The van der Waals surface area contributed by atoms with Gasteiger partial charge in [-0.05, 0) is 25.0 Å². The molecule has 0 bridgehead atoms. The zero-order chi connectivity index (χ0) is 25.5. The van der Waals surface area contributed by atoms with Crippen LogP contribution in [0.15, 0.2) is 46.2 Å². The minimum atomic E-state index is -0.644. The van der Waals surface area contributed by atoms with Crippen molar-refractivity contribution < 1.29 is 9.84 Å². The minimum absolute atomic E-state index is 0.259. The summed E-state index contributed by atoms with van der Waals surface area (Å²) in [7, 11) is 1.49. The number of rotatable bonds is 12. The molecule has 0 saturated carbocycles. The highest BCUT2D eigenvalue weighted by Crippen LogP contribution is 2.11. The Bertz CT molecular complexity index is 1230. The largest absolute Gasteiger partial charge is 0.494 e. The Labute approximate surface area is 211 Å². The van der Waals surface area contributed by atoms with Crippen LogP contribution in [0.25, 0.3) is 11.2 Å². The van der Waals surface area contributed by atoms with Crippen molar-refractivity contribution in [2.75, 3.05) is 45.9 Å². The van der Waals surface area contributed by atoms with Crippen LogP contribution in [0.3, 0.4) is 0 Å². The first-order valence-corrected chi connectivity index (χ1v) is 12.9. The average Bonchev–Trinajstić information content (AvgIpc) is 3.30. The Morgan fingerprint density at radius 1 is 1.00 bits per heavy atom. The Morgan fingerprint density at radius 3 is 2.44 bits per heavy atom. The third kappa shape index (κ3) is 6.24. The molecule has 2 aromatic heterocycles. The number of ether oxygens (including phenoxy) is 1. The highest BCUT2D eigenvalue weighted by atomic mass is 16.5. The lowest BCUT2D eigenvalue weighted by molar-refractivity contribution is 0.0634. The Balaban J connectivity index is 1.27. The number of fused-ring (bicyclic) bond motifs is 1. The number of imidazole rings is 1. The summed E-state index contributed by atoms with van der Waals surface area (Å²) in [5.74, 6) is 0.907. The van der Waals surface area contributed by atoms with Crippen molar-refractivity contribution in [1.29, 1.82) is 0 Å². The molecule has 1 aliphatic heterocycles. The number of hydrogen-bond donors (Lipinski definition) is 1. The number of benzene rings is 1. The molecule has 10 heteroatoms. The van der Waals surface area contributed by atoms with E-state index >= 15 is 0 Å². The van der Waals surface area contributed by atoms with E-state index in [0.29, 0.717) is 30.9 Å². The number of para-hydroxylation sites is 1. The molecule has 3 heterocycles. The van der Waals surface area contributed by atoms with Gasteiger partial charge in [0.1, 0.15) is 5.75 Å². The van der Waals surface area contributed by atoms with E-state index in [1.807, 2.05) is 30.3 Å². The molecule has 1 saturated heterocycles. The van der Waals surface area contributed by atoms with Gasteiger partial charge in [-0.25, -0.2) is 9.78 Å². The minimum Gasteiger partial charge on any atom is -0.494 e. The third-order valence-corrected chi connectivity index (χ3v) is 6.81. The summed E-state index contributed by atoms with van der Waals surface area (Å²) in [5, 5.41) is 10.8. The van der Waals surface area contributed by atoms with E-state index in [4.69, 9.17) is 4.74 Å². The van der Waals surface area contributed by atoms with Crippen LogP contribution in [0.2, 0.25) is 0 Å². The number of hydrogen-bond acceptors (Lipinski definition) is 7. The number of piperazine rings is 1. The second-order valence-electron chi connectivity index (χ2n) is 9.53. The molecule has 1 N–H and O–H groups in total. The fourth-order valence-electron chi connectivity index (χ4n) is 4.73. The number of aryl methyl sites for hydroxylation is 1. The molecule has 0 radical (unpaired) electrons. The van der Waals surface area contributed by atoms with E-state index < -0.39 is 6.10 Å². The summed E-state index contributed by atoms with van der Waals surface area (Å²) in [4.78, 5) is 34.5. The molecular formula is C26H38N6O4. The summed E-state index contributed by atoms with van der Waals surface area (Å²) in [6, 6.07) is 9.88. The predicted molar refractivity (Wildman–Crippen MR) is 140 cm³/mol. The van der Waals surface area contributed by atoms with E-state index in [2.05, 4.69) is 21.7 Å². The van der Waals surface area contributed by atoms with Gasteiger partial charge in [0.15, 0.2) is 11.2 Å². The van der Waals surface area contributed by atoms with Crippen LogP contribution in [0.4, 0.5) is 0 Å². The van der Waals surface area contributed by atoms with E-state index in [-0.39, 0.29) is 17.8 Å². The quantitative estimate of drug-likeness (QED) is 0.374. The third-order valence-electron chi connectivity index (χ3n) is 6.81. The molecular weight excluding hydrogens is 460 g/mol. The molecule has 0 spiro atoms. The highest BCUT2D eigenvalue weighted by Gasteiger charge is 2.21. The van der Waals surface area contributed by atoms with E-state index in [0.717, 1.165) is 62.3 Å². The SMILES string of the molecule is CCCCn1c(=O)n(C)c(=O)c2c1ncn2CC(O)CN1CCN(CCCOc2ccccc2)CC1. The van der Waals surface area contributed by atoms with Gasteiger partial charge in [-0.15, -0.1) is 0 Å². The molecule has 4 rings (SSSR count). The number of unbranched alkanes of at least 4 members (excludes halogenated alkanes) is 1. The molecule has 1 fully saturated rings. The molecule has 1 unspecified atom stereocenters. The summed E-state index contributed by atoms with van der Waals surface area (Å²) >= 11 is 0. The van der Waals surface area contributed by atoms with Crippen molar-refractivity contribution in [2.24, 2.45) is 7.05 Å². The average molecular weight is 499 g/mol. The normalized spacial score (nSPS) is 16.0. The fourth-order valence-corrected chi connectivity index (χ4v) is 4.73. The summed E-state index contributed by atoms with van der Waals surface area (Å²) in [6.45, 7) is 8.74. The second-order valence-corrected chi connectivity index (χ2v) is 9.53. The molecule has 1 atom stereocenters. The predicted octanol–water partition coefficient (Wildman–Crippen LogP) is 1.14. The molecule has 3 aromatic rings. The lowest BCUT2D eigenvalue weighted by Crippen LogP contribution is -2.49. The smallest absolute Gasteiger partial charge is 0.332 e. The van der Waals surface area contributed by atoms with Crippen molar-refractivity contribution in [3.63, 3.8) is 0 Å². The number of aliphatic hydroxyl groups is 1. The number of aliphatic hydroxyl groups excluding tert-OH is 1. The van der Waals surface area contributed by atoms with Crippen molar-refractivity contribution in [1.82, 2.24) is 28.5 Å². The first-order valence-electron chi connectivity index (χ1n) is 12.9. The molecule has 196 valence electrons. The van der Waals surface area contributed by atoms with E-state index in [9.17, 15) is 14.7 Å². The van der Waals surface area contributed by atoms with Gasteiger partial charge < -0.3 is 19.3 Å². The van der Waals surface area contributed by atoms with Gasteiger partial charge in [0.2, 0.25) is 0 Å². The van der Waals surface area contributed by atoms with Gasteiger partial charge in [-0.3, -0.25) is 18.8 Å². The van der Waals surface area contributed by atoms with Crippen LogP contribution in [0.5, 0.6) is 5.75 Å². The van der Waals surface area contributed by atoms with Gasteiger partial charge in [0, 0.05) is 52.9 Å².